The first-order valence-corrected chi connectivity index (χ1v) is 7.70. The minimum Gasteiger partial charge on any atom is -0.372 e. The van der Waals surface area contributed by atoms with Crippen molar-refractivity contribution in [2.75, 3.05) is 18.4 Å². The van der Waals surface area contributed by atoms with Crippen LogP contribution in [0, 0.1) is 13.8 Å². The molecular formula is C15H22BrNO. The Bertz CT molecular complexity index is 387. The Labute approximate surface area is 118 Å². The predicted octanol–water partition coefficient (Wildman–Crippen LogP) is 3.29. The highest BCUT2D eigenvalue weighted by atomic mass is 79.9. The molecule has 3 heteroatoms. The van der Waals surface area contributed by atoms with Gasteiger partial charge in [0.1, 0.15) is 0 Å². The van der Waals surface area contributed by atoms with Crippen LogP contribution in [0.1, 0.15) is 23.6 Å². The van der Waals surface area contributed by atoms with Gasteiger partial charge in [-0.05, 0) is 26.3 Å². The summed E-state index contributed by atoms with van der Waals surface area (Å²) in [6.07, 6.45) is 0.645. The van der Waals surface area contributed by atoms with Crippen LogP contribution in [0.25, 0.3) is 0 Å². The van der Waals surface area contributed by atoms with E-state index in [1.54, 1.807) is 0 Å². The van der Waals surface area contributed by atoms with Gasteiger partial charge in [0.15, 0.2) is 0 Å². The largest absolute Gasteiger partial charge is 0.372 e. The molecule has 1 fully saturated rings. The molecule has 0 bridgehead atoms. The van der Waals surface area contributed by atoms with Crippen molar-refractivity contribution in [2.45, 2.75) is 39.5 Å². The van der Waals surface area contributed by atoms with E-state index in [4.69, 9.17) is 4.74 Å². The standard InChI is InChI=1S/C15H22BrNO/c1-11-4-12(2)6-14(5-11)9-17-8-13(3)18-15(7-16)10-17/h4-6,13,15H,7-10H2,1-3H3. The Kier molecular flexibility index (Phi) is 4.82. The van der Waals surface area contributed by atoms with Gasteiger partial charge in [-0.1, -0.05) is 45.3 Å². The van der Waals surface area contributed by atoms with Crippen LogP contribution in [0.4, 0.5) is 0 Å². The molecular weight excluding hydrogens is 290 g/mol. The van der Waals surface area contributed by atoms with E-state index < -0.39 is 0 Å². The van der Waals surface area contributed by atoms with E-state index in [9.17, 15) is 0 Å². The quantitative estimate of drug-likeness (QED) is 0.794. The molecule has 2 atom stereocenters. The summed E-state index contributed by atoms with van der Waals surface area (Å²) in [5, 5.41) is 0.917. The van der Waals surface area contributed by atoms with Crippen molar-refractivity contribution in [1.82, 2.24) is 4.90 Å². The van der Waals surface area contributed by atoms with E-state index in [0.29, 0.717) is 12.2 Å². The molecule has 0 aromatic heterocycles. The van der Waals surface area contributed by atoms with Crippen LogP contribution in [0.5, 0.6) is 0 Å². The highest BCUT2D eigenvalue weighted by Crippen LogP contribution is 2.17. The number of aryl methyl sites for hydroxylation is 2. The van der Waals surface area contributed by atoms with Gasteiger partial charge in [-0.15, -0.1) is 0 Å². The van der Waals surface area contributed by atoms with Crippen LogP contribution in [-0.2, 0) is 11.3 Å². The smallest absolute Gasteiger partial charge is 0.0802 e. The van der Waals surface area contributed by atoms with Crippen molar-refractivity contribution < 1.29 is 4.74 Å². The summed E-state index contributed by atoms with van der Waals surface area (Å²) in [6.45, 7) is 9.56. The molecule has 1 aromatic carbocycles. The molecule has 0 spiro atoms. The topological polar surface area (TPSA) is 12.5 Å². The lowest BCUT2D eigenvalue weighted by molar-refractivity contribution is -0.0678. The number of rotatable bonds is 3. The van der Waals surface area contributed by atoms with Crippen molar-refractivity contribution >= 4 is 15.9 Å². The second-order valence-corrected chi connectivity index (χ2v) is 6.06. The van der Waals surface area contributed by atoms with Crippen LogP contribution in [-0.4, -0.2) is 35.5 Å². The molecule has 2 rings (SSSR count). The van der Waals surface area contributed by atoms with Crippen molar-refractivity contribution in [3.63, 3.8) is 0 Å². The van der Waals surface area contributed by atoms with Crippen LogP contribution in [0.3, 0.4) is 0 Å². The Morgan fingerprint density at radius 2 is 1.89 bits per heavy atom. The Hall–Kier alpha value is -0.380. The number of hydrogen-bond acceptors (Lipinski definition) is 2. The number of benzene rings is 1. The van der Waals surface area contributed by atoms with Gasteiger partial charge in [0.2, 0.25) is 0 Å². The lowest BCUT2D eigenvalue weighted by atomic mass is 10.1. The minimum atomic E-state index is 0.319. The van der Waals surface area contributed by atoms with Gasteiger partial charge >= 0.3 is 0 Å². The van der Waals surface area contributed by atoms with Gasteiger partial charge in [0, 0.05) is 25.0 Å². The average molecular weight is 312 g/mol. The fourth-order valence-electron chi connectivity index (χ4n) is 2.77. The molecule has 1 heterocycles. The third-order valence-corrected chi connectivity index (χ3v) is 3.98. The summed E-state index contributed by atoms with van der Waals surface area (Å²) in [7, 11) is 0. The molecule has 0 radical (unpaired) electrons. The summed E-state index contributed by atoms with van der Waals surface area (Å²) in [4.78, 5) is 2.49. The monoisotopic (exact) mass is 311 g/mol. The predicted molar refractivity (Wildman–Crippen MR) is 79.3 cm³/mol. The summed E-state index contributed by atoms with van der Waals surface area (Å²) in [5.74, 6) is 0. The molecule has 0 N–H and O–H groups in total. The number of alkyl halides is 1. The van der Waals surface area contributed by atoms with Crippen LogP contribution < -0.4 is 0 Å². The number of hydrogen-bond donors (Lipinski definition) is 0. The molecule has 100 valence electrons. The third kappa shape index (κ3) is 3.81. The van der Waals surface area contributed by atoms with E-state index >= 15 is 0 Å². The second-order valence-electron chi connectivity index (χ2n) is 5.41. The first-order chi connectivity index (χ1) is 8.56. The summed E-state index contributed by atoms with van der Waals surface area (Å²) in [6, 6.07) is 6.80. The number of nitrogens with zero attached hydrogens (tertiary/aromatic N) is 1. The van der Waals surface area contributed by atoms with E-state index in [0.717, 1.165) is 25.0 Å². The fraction of sp³-hybridized carbons (Fsp3) is 0.600. The molecule has 2 unspecified atom stereocenters. The highest BCUT2D eigenvalue weighted by molar-refractivity contribution is 9.09. The zero-order valence-corrected chi connectivity index (χ0v) is 13.0. The maximum Gasteiger partial charge on any atom is 0.0802 e. The zero-order chi connectivity index (χ0) is 13.1. The number of ether oxygens (including phenoxy) is 1. The maximum absolute atomic E-state index is 5.86. The van der Waals surface area contributed by atoms with Crippen LogP contribution in [0.15, 0.2) is 18.2 Å². The summed E-state index contributed by atoms with van der Waals surface area (Å²) in [5.41, 5.74) is 4.11. The van der Waals surface area contributed by atoms with Gasteiger partial charge in [-0.3, -0.25) is 4.90 Å². The fourth-order valence-corrected chi connectivity index (χ4v) is 3.13. The summed E-state index contributed by atoms with van der Waals surface area (Å²) >= 11 is 3.52. The first-order valence-electron chi connectivity index (χ1n) is 6.58. The molecule has 2 nitrogen and oxygen atoms in total. The van der Waals surface area contributed by atoms with E-state index in [1.807, 2.05) is 0 Å². The lowest BCUT2D eigenvalue weighted by Crippen LogP contribution is -2.46. The van der Waals surface area contributed by atoms with Gasteiger partial charge in [-0.2, -0.15) is 0 Å². The van der Waals surface area contributed by atoms with Gasteiger partial charge in [-0.25, -0.2) is 0 Å². The van der Waals surface area contributed by atoms with Crippen molar-refractivity contribution in [3.05, 3.63) is 34.9 Å². The average Bonchev–Trinajstić information content (AvgIpc) is 2.26. The van der Waals surface area contributed by atoms with Gasteiger partial charge in [0.25, 0.3) is 0 Å². The molecule has 0 saturated carbocycles. The SMILES string of the molecule is Cc1cc(C)cc(CN2CC(C)OC(CBr)C2)c1. The Morgan fingerprint density at radius 1 is 1.22 bits per heavy atom. The van der Waals surface area contributed by atoms with Gasteiger partial charge < -0.3 is 4.74 Å². The first kappa shape index (κ1) is 14.0. The minimum absolute atomic E-state index is 0.319. The van der Waals surface area contributed by atoms with Crippen LogP contribution in [0.2, 0.25) is 0 Å². The maximum atomic E-state index is 5.86. The molecule has 1 saturated heterocycles. The van der Waals surface area contributed by atoms with E-state index in [-0.39, 0.29) is 0 Å². The lowest BCUT2D eigenvalue weighted by Gasteiger charge is -2.36. The van der Waals surface area contributed by atoms with E-state index in [1.165, 1.54) is 16.7 Å². The number of morpholine rings is 1. The molecule has 18 heavy (non-hydrogen) atoms. The Balaban J connectivity index is 2.03. The third-order valence-electron chi connectivity index (χ3n) is 3.26. The molecule has 1 aromatic rings. The molecule has 1 aliphatic heterocycles. The normalized spacial score (nSPS) is 25.3. The van der Waals surface area contributed by atoms with E-state index in [2.05, 4.69) is 59.8 Å². The zero-order valence-electron chi connectivity index (χ0n) is 11.4. The molecule has 0 aliphatic carbocycles. The van der Waals surface area contributed by atoms with Gasteiger partial charge in [0.05, 0.1) is 12.2 Å². The van der Waals surface area contributed by atoms with Crippen LogP contribution >= 0.6 is 15.9 Å². The summed E-state index contributed by atoms with van der Waals surface area (Å²) < 4.78 is 5.86. The Morgan fingerprint density at radius 3 is 2.50 bits per heavy atom. The van der Waals surface area contributed by atoms with Crippen molar-refractivity contribution in [3.8, 4) is 0 Å². The van der Waals surface area contributed by atoms with Crippen molar-refractivity contribution in [2.24, 2.45) is 0 Å². The highest BCUT2D eigenvalue weighted by Gasteiger charge is 2.24. The number of halogens is 1. The molecule has 1 aliphatic rings. The molecule has 0 amide bonds. The second kappa shape index (κ2) is 6.18. The van der Waals surface area contributed by atoms with Crippen molar-refractivity contribution in [1.29, 1.82) is 0 Å².